The summed E-state index contributed by atoms with van der Waals surface area (Å²) in [4.78, 5) is 24.4. The Labute approximate surface area is 166 Å². The van der Waals surface area contributed by atoms with Gasteiger partial charge in [-0.1, -0.05) is 35.5 Å². The van der Waals surface area contributed by atoms with Gasteiger partial charge in [-0.05, 0) is 31.2 Å². The van der Waals surface area contributed by atoms with Gasteiger partial charge >= 0.3 is 5.97 Å². The molecule has 0 fully saturated rings. The molecular weight excluding hydrogens is 398 g/mol. The third-order valence-electron chi connectivity index (χ3n) is 3.92. The number of carbonyl (C=O) groups is 2. The average molecular weight is 415 g/mol. The summed E-state index contributed by atoms with van der Waals surface area (Å²) in [6.07, 6.45) is 0. The van der Waals surface area contributed by atoms with Crippen molar-refractivity contribution >= 4 is 27.6 Å². The van der Waals surface area contributed by atoms with Gasteiger partial charge in [0.25, 0.3) is 5.91 Å². The molecule has 29 heavy (non-hydrogen) atoms. The van der Waals surface area contributed by atoms with Crippen molar-refractivity contribution in [2.75, 3.05) is 11.9 Å². The summed E-state index contributed by atoms with van der Waals surface area (Å²) in [5, 5.41) is 11.4. The third-order valence-corrected chi connectivity index (χ3v) is 4.84. The van der Waals surface area contributed by atoms with Crippen LogP contribution in [0.2, 0.25) is 0 Å². The molecule has 2 aromatic carbocycles. The van der Waals surface area contributed by atoms with Crippen LogP contribution in [0.3, 0.4) is 0 Å². The van der Waals surface area contributed by atoms with Crippen LogP contribution in [-0.4, -0.2) is 32.1 Å². The number of anilines is 1. The predicted molar refractivity (Wildman–Crippen MR) is 103 cm³/mol. The number of ether oxygens (including phenoxy) is 1. The van der Waals surface area contributed by atoms with Crippen molar-refractivity contribution in [1.29, 1.82) is 0 Å². The highest BCUT2D eigenvalue weighted by atomic mass is 32.2. The second kappa shape index (κ2) is 8.25. The Hall–Kier alpha value is -3.50. The molecule has 150 valence electrons. The number of rotatable bonds is 6. The van der Waals surface area contributed by atoms with Crippen molar-refractivity contribution in [1.82, 2.24) is 5.16 Å². The molecule has 0 bridgehead atoms. The van der Waals surface area contributed by atoms with Crippen molar-refractivity contribution < 1.29 is 27.3 Å². The van der Waals surface area contributed by atoms with Crippen LogP contribution in [0.1, 0.15) is 16.1 Å². The molecule has 1 heterocycles. The van der Waals surface area contributed by atoms with E-state index in [1.807, 2.05) is 6.07 Å². The Kier molecular flexibility index (Phi) is 5.76. The van der Waals surface area contributed by atoms with E-state index < -0.39 is 28.5 Å². The first-order valence-corrected chi connectivity index (χ1v) is 9.92. The summed E-state index contributed by atoms with van der Waals surface area (Å²) in [7, 11) is -3.82. The maximum absolute atomic E-state index is 12.4. The number of nitrogens with one attached hydrogen (secondary N) is 1. The molecular formula is C19H17N3O6S. The minimum absolute atomic E-state index is 0.0849. The van der Waals surface area contributed by atoms with Gasteiger partial charge in [0.2, 0.25) is 10.0 Å². The van der Waals surface area contributed by atoms with Crippen LogP contribution >= 0.6 is 0 Å². The van der Waals surface area contributed by atoms with E-state index in [4.69, 9.17) is 14.4 Å². The molecule has 0 spiro atoms. The zero-order chi connectivity index (χ0) is 21.0. The van der Waals surface area contributed by atoms with Crippen LogP contribution in [0.4, 0.5) is 5.69 Å². The molecule has 3 rings (SSSR count). The van der Waals surface area contributed by atoms with Crippen LogP contribution in [0.15, 0.2) is 64.0 Å². The van der Waals surface area contributed by atoms with E-state index in [2.05, 4.69) is 10.5 Å². The SMILES string of the molecule is Cc1onc(-c2ccccc2)c1C(=O)OCC(=O)Nc1ccc(S(N)(=O)=O)cc1. The Balaban J connectivity index is 1.64. The number of nitrogens with zero attached hydrogens (tertiary/aromatic N) is 1. The molecule has 10 heteroatoms. The van der Waals surface area contributed by atoms with Crippen LogP contribution < -0.4 is 10.5 Å². The fourth-order valence-electron chi connectivity index (χ4n) is 2.53. The number of aryl methyl sites for hydroxylation is 1. The van der Waals surface area contributed by atoms with E-state index in [1.165, 1.54) is 24.3 Å². The molecule has 1 aromatic heterocycles. The zero-order valence-corrected chi connectivity index (χ0v) is 16.1. The fourth-order valence-corrected chi connectivity index (χ4v) is 3.05. The Bertz CT molecular complexity index is 1140. The van der Waals surface area contributed by atoms with E-state index in [1.54, 1.807) is 31.2 Å². The number of hydrogen-bond donors (Lipinski definition) is 2. The Morgan fingerprint density at radius 2 is 1.76 bits per heavy atom. The highest BCUT2D eigenvalue weighted by Gasteiger charge is 2.23. The van der Waals surface area contributed by atoms with Crippen LogP contribution in [0.25, 0.3) is 11.3 Å². The lowest BCUT2D eigenvalue weighted by Gasteiger charge is -2.07. The van der Waals surface area contributed by atoms with Gasteiger partial charge in [-0.3, -0.25) is 4.79 Å². The quantitative estimate of drug-likeness (QED) is 0.587. The molecule has 0 atom stereocenters. The summed E-state index contributed by atoms with van der Waals surface area (Å²) >= 11 is 0. The van der Waals surface area contributed by atoms with Crippen molar-refractivity contribution in [3.8, 4) is 11.3 Å². The van der Waals surface area contributed by atoms with E-state index >= 15 is 0 Å². The van der Waals surface area contributed by atoms with Crippen molar-refractivity contribution in [2.24, 2.45) is 5.14 Å². The highest BCUT2D eigenvalue weighted by Crippen LogP contribution is 2.25. The van der Waals surface area contributed by atoms with E-state index in [0.29, 0.717) is 16.9 Å². The van der Waals surface area contributed by atoms with Gasteiger partial charge < -0.3 is 14.6 Å². The summed E-state index contributed by atoms with van der Waals surface area (Å²) < 4.78 is 32.6. The molecule has 0 aliphatic heterocycles. The molecule has 0 saturated carbocycles. The number of primary sulfonamides is 1. The average Bonchev–Trinajstić information content (AvgIpc) is 3.08. The molecule has 0 saturated heterocycles. The second-order valence-corrected chi connectivity index (χ2v) is 7.58. The van der Waals surface area contributed by atoms with Gasteiger partial charge in [-0.2, -0.15) is 0 Å². The maximum atomic E-state index is 12.4. The number of benzene rings is 2. The van der Waals surface area contributed by atoms with Gasteiger partial charge in [-0.15, -0.1) is 0 Å². The zero-order valence-electron chi connectivity index (χ0n) is 15.3. The van der Waals surface area contributed by atoms with E-state index in [-0.39, 0.29) is 16.2 Å². The van der Waals surface area contributed by atoms with E-state index in [0.717, 1.165) is 0 Å². The largest absolute Gasteiger partial charge is 0.452 e. The molecule has 0 unspecified atom stereocenters. The highest BCUT2D eigenvalue weighted by molar-refractivity contribution is 7.89. The lowest BCUT2D eigenvalue weighted by Crippen LogP contribution is -2.21. The first-order valence-electron chi connectivity index (χ1n) is 8.37. The summed E-state index contributed by atoms with van der Waals surface area (Å²) in [5.74, 6) is -1.08. The number of aromatic nitrogens is 1. The smallest absolute Gasteiger partial charge is 0.344 e. The monoisotopic (exact) mass is 415 g/mol. The van der Waals surface area contributed by atoms with Crippen molar-refractivity contribution in [3.05, 3.63) is 65.9 Å². The van der Waals surface area contributed by atoms with Gasteiger partial charge in [0.05, 0.1) is 4.90 Å². The van der Waals surface area contributed by atoms with Gasteiger partial charge in [-0.25, -0.2) is 18.4 Å². The van der Waals surface area contributed by atoms with Gasteiger partial charge in [0.1, 0.15) is 17.0 Å². The number of amides is 1. The molecule has 1 amide bonds. The summed E-state index contributed by atoms with van der Waals surface area (Å²) in [6.45, 7) is 1.03. The van der Waals surface area contributed by atoms with Crippen LogP contribution in [-0.2, 0) is 19.6 Å². The van der Waals surface area contributed by atoms with Crippen molar-refractivity contribution in [2.45, 2.75) is 11.8 Å². The third kappa shape index (κ3) is 4.86. The number of nitrogens with two attached hydrogens (primary N) is 1. The molecule has 9 nitrogen and oxygen atoms in total. The topological polar surface area (TPSA) is 142 Å². The lowest BCUT2D eigenvalue weighted by molar-refractivity contribution is -0.119. The predicted octanol–water partition coefficient (Wildman–Crippen LogP) is 2.09. The number of carbonyl (C=O) groups excluding carboxylic acids is 2. The number of esters is 1. The first kappa shape index (κ1) is 20.2. The van der Waals surface area contributed by atoms with Crippen LogP contribution in [0.5, 0.6) is 0 Å². The Morgan fingerprint density at radius 3 is 2.38 bits per heavy atom. The van der Waals surface area contributed by atoms with Crippen LogP contribution in [0, 0.1) is 6.92 Å². The molecule has 0 aliphatic rings. The second-order valence-electron chi connectivity index (χ2n) is 6.02. The first-order chi connectivity index (χ1) is 13.8. The maximum Gasteiger partial charge on any atom is 0.344 e. The van der Waals surface area contributed by atoms with E-state index in [9.17, 15) is 18.0 Å². The fraction of sp³-hybridized carbons (Fsp3) is 0.105. The summed E-state index contributed by atoms with van der Waals surface area (Å²) in [5.41, 5.74) is 1.47. The standard InChI is InChI=1S/C19H17N3O6S/c1-12-17(18(22-28-12)13-5-3-2-4-6-13)19(24)27-11-16(23)21-14-7-9-15(10-8-14)29(20,25)26/h2-10H,11H2,1H3,(H,21,23)(H2,20,25,26). The molecule has 0 aliphatic carbocycles. The molecule has 3 N–H and O–H groups in total. The van der Waals surface area contributed by atoms with Crippen molar-refractivity contribution in [3.63, 3.8) is 0 Å². The minimum Gasteiger partial charge on any atom is -0.452 e. The number of hydrogen-bond acceptors (Lipinski definition) is 7. The Morgan fingerprint density at radius 1 is 1.10 bits per heavy atom. The summed E-state index contributed by atoms with van der Waals surface area (Å²) in [6, 6.07) is 14.2. The van der Waals surface area contributed by atoms with Gasteiger partial charge in [0.15, 0.2) is 6.61 Å². The normalized spacial score (nSPS) is 11.1. The minimum atomic E-state index is -3.82. The molecule has 0 radical (unpaired) electrons. The number of sulfonamides is 1. The lowest BCUT2D eigenvalue weighted by atomic mass is 10.1. The van der Waals surface area contributed by atoms with Gasteiger partial charge in [0, 0.05) is 11.3 Å². The molecule has 3 aromatic rings.